The number of nitrogens with one attached hydrogen (secondary N) is 1. The lowest BCUT2D eigenvalue weighted by molar-refractivity contribution is 0.103. The maximum atomic E-state index is 13.0. The van der Waals surface area contributed by atoms with Crippen molar-refractivity contribution in [2.45, 2.75) is 50.3 Å². The number of amides is 1. The van der Waals surface area contributed by atoms with Crippen molar-refractivity contribution in [3.05, 3.63) is 40.6 Å². The number of hydrogen-bond acceptors (Lipinski definition) is 5. The Bertz CT molecular complexity index is 1020. The Hall–Kier alpha value is -2.19. The molecule has 0 unspecified atom stereocenters. The van der Waals surface area contributed by atoms with E-state index in [4.69, 9.17) is 0 Å². The van der Waals surface area contributed by atoms with Crippen LogP contribution in [0.3, 0.4) is 0 Å². The van der Waals surface area contributed by atoms with Crippen LogP contribution >= 0.6 is 11.3 Å². The molecular formula is C21H25N3O3S2. The summed E-state index contributed by atoms with van der Waals surface area (Å²) in [5, 5.41) is 4.63. The molecule has 2 heterocycles. The Morgan fingerprint density at radius 1 is 1.28 bits per heavy atom. The van der Waals surface area contributed by atoms with E-state index in [1.54, 1.807) is 18.2 Å². The minimum Gasteiger partial charge on any atom is -0.328 e. The molecule has 0 saturated heterocycles. The largest absolute Gasteiger partial charge is 0.328 e. The van der Waals surface area contributed by atoms with Gasteiger partial charge in [0.1, 0.15) is 10.7 Å². The van der Waals surface area contributed by atoms with Gasteiger partial charge in [0.15, 0.2) is 0 Å². The van der Waals surface area contributed by atoms with Crippen molar-refractivity contribution in [1.82, 2.24) is 0 Å². The smallest absolute Gasteiger partial charge is 0.286 e. The molecule has 8 heteroatoms. The molecule has 1 aliphatic carbocycles. The van der Waals surface area contributed by atoms with Crippen molar-refractivity contribution in [2.24, 2.45) is 10.3 Å². The van der Waals surface area contributed by atoms with Crippen molar-refractivity contribution in [3.8, 4) is 0 Å². The van der Waals surface area contributed by atoms with Crippen LogP contribution in [0.5, 0.6) is 0 Å². The Kier molecular flexibility index (Phi) is 5.74. The molecule has 0 atom stereocenters. The van der Waals surface area contributed by atoms with Crippen LogP contribution in [0.1, 0.15) is 55.1 Å². The molecule has 29 heavy (non-hydrogen) atoms. The molecule has 1 amide bonds. The Morgan fingerprint density at radius 2 is 2.07 bits per heavy atom. The third-order valence-corrected chi connectivity index (χ3v) is 7.66. The fraction of sp³-hybridized carbons (Fsp3) is 0.429. The molecule has 1 aliphatic heterocycles. The van der Waals surface area contributed by atoms with E-state index in [1.807, 2.05) is 11.4 Å². The second kappa shape index (κ2) is 8.28. The van der Waals surface area contributed by atoms with E-state index in [0.717, 1.165) is 45.1 Å². The Labute approximate surface area is 175 Å². The van der Waals surface area contributed by atoms with Gasteiger partial charge in [0, 0.05) is 18.2 Å². The summed E-state index contributed by atoms with van der Waals surface area (Å²) in [6, 6.07) is 8.65. The number of anilines is 2. The molecule has 0 bridgehead atoms. The van der Waals surface area contributed by atoms with Crippen molar-refractivity contribution in [1.29, 1.82) is 0 Å². The lowest BCUT2D eigenvalue weighted by Gasteiger charge is -2.33. The summed E-state index contributed by atoms with van der Waals surface area (Å²) in [4.78, 5) is 15.2. The molecule has 0 radical (unpaired) electrons. The lowest BCUT2D eigenvalue weighted by atomic mass is 10.0. The van der Waals surface area contributed by atoms with Gasteiger partial charge in [-0.05, 0) is 48.9 Å². The fourth-order valence-corrected chi connectivity index (χ4v) is 5.93. The zero-order valence-corrected chi connectivity index (χ0v) is 18.1. The van der Waals surface area contributed by atoms with Crippen LogP contribution in [0.25, 0.3) is 0 Å². The number of thiophene rings is 1. The van der Waals surface area contributed by atoms with Gasteiger partial charge in [-0.15, -0.1) is 15.7 Å². The molecule has 1 N–H and O–H groups in total. The highest BCUT2D eigenvalue weighted by Crippen LogP contribution is 2.38. The normalized spacial score (nSPS) is 18.4. The van der Waals surface area contributed by atoms with Gasteiger partial charge in [0.25, 0.3) is 15.9 Å². The zero-order chi connectivity index (χ0) is 20.4. The standard InChI is InChI=1S/C21H25N3O3S2/c1-2-3-12-24-17-11-10-16(22-21(25)18-9-6-13-28-18)14-19(17)29(26,27)23-20(24)15-7-4-5-8-15/h6,9-11,13-15H,2-5,7-8,12H2,1H3,(H,22,25). The summed E-state index contributed by atoms with van der Waals surface area (Å²) in [7, 11) is -3.80. The van der Waals surface area contributed by atoms with Crippen LogP contribution in [0.4, 0.5) is 11.4 Å². The molecule has 6 nitrogen and oxygen atoms in total. The van der Waals surface area contributed by atoms with Crippen LogP contribution < -0.4 is 10.2 Å². The number of nitrogens with zero attached hydrogens (tertiary/aromatic N) is 2. The van der Waals surface area contributed by atoms with E-state index < -0.39 is 10.0 Å². The van der Waals surface area contributed by atoms with Gasteiger partial charge in [-0.2, -0.15) is 8.42 Å². The van der Waals surface area contributed by atoms with E-state index >= 15 is 0 Å². The van der Waals surface area contributed by atoms with Crippen LogP contribution in [-0.4, -0.2) is 26.7 Å². The highest BCUT2D eigenvalue weighted by molar-refractivity contribution is 7.90. The molecular weight excluding hydrogens is 406 g/mol. The van der Waals surface area contributed by atoms with Gasteiger partial charge in [-0.1, -0.05) is 32.3 Å². The van der Waals surface area contributed by atoms with Crippen LogP contribution in [0, 0.1) is 5.92 Å². The number of amidine groups is 1. The van der Waals surface area contributed by atoms with Crippen molar-refractivity contribution in [2.75, 3.05) is 16.8 Å². The number of hydrogen-bond donors (Lipinski definition) is 1. The van der Waals surface area contributed by atoms with E-state index in [9.17, 15) is 13.2 Å². The third kappa shape index (κ3) is 4.09. The zero-order valence-electron chi connectivity index (χ0n) is 16.4. The number of unbranched alkanes of at least 4 members (excludes halogenated alkanes) is 1. The maximum Gasteiger partial charge on any atom is 0.286 e. The van der Waals surface area contributed by atoms with Gasteiger partial charge in [0.05, 0.1) is 10.6 Å². The minimum absolute atomic E-state index is 0.166. The van der Waals surface area contributed by atoms with E-state index in [0.29, 0.717) is 22.1 Å². The molecule has 2 aromatic rings. The van der Waals surface area contributed by atoms with Crippen molar-refractivity contribution in [3.63, 3.8) is 0 Å². The highest BCUT2D eigenvalue weighted by Gasteiger charge is 2.35. The molecule has 1 saturated carbocycles. The summed E-state index contributed by atoms with van der Waals surface area (Å²) in [6.45, 7) is 2.87. The molecule has 4 rings (SSSR count). The van der Waals surface area contributed by atoms with Crippen LogP contribution in [0.2, 0.25) is 0 Å². The molecule has 1 aromatic carbocycles. The van der Waals surface area contributed by atoms with Crippen molar-refractivity contribution < 1.29 is 13.2 Å². The topological polar surface area (TPSA) is 78.8 Å². The second-order valence-electron chi connectivity index (χ2n) is 7.53. The number of benzene rings is 1. The molecule has 154 valence electrons. The van der Waals surface area contributed by atoms with Gasteiger partial charge in [-0.25, -0.2) is 0 Å². The third-order valence-electron chi connectivity index (χ3n) is 5.48. The monoisotopic (exact) mass is 431 g/mol. The highest BCUT2D eigenvalue weighted by atomic mass is 32.2. The van der Waals surface area contributed by atoms with Crippen molar-refractivity contribution >= 4 is 44.5 Å². The first-order valence-corrected chi connectivity index (χ1v) is 12.4. The summed E-state index contributed by atoms with van der Waals surface area (Å²) in [6.07, 6.45) is 6.19. The van der Waals surface area contributed by atoms with E-state index in [-0.39, 0.29) is 16.7 Å². The SMILES string of the molecule is CCCCN1C(C2CCCC2)=NS(=O)(=O)c2cc(NC(=O)c3cccs3)ccc21. The predicted molar refractivity (Wildman–Crippen MR) is 118 cm³/mol. The molecule has 0 spiro atoms. The fourth-order valence-electron chi connectivity index (χ4n) is 4.00. The van der Waals surface area contributed by atoms with Gasteiger partial charge in [-0.3, -0.25) is 4.79 Å². The first kappa shape index (κ1) is 20.1. The summed E-state index contributed by atoms with van der Waals surface area (Å²) in [5.74, 6) is 0.651. The maximum absolute atomic E-state index is 13.0. The summed E-state index contributed by atoms with van der Waals surface area (Å²) < 4.78 is 30.2. The molecule has 1 fully saturated rings. The quantitative estimate of drug-likeness (QED) is 0.706. The van der Waals surface area contributed by atoms with Crippen LogP contribution in [0.15, 0.2) is 45.0 Å². The molecule has 1 aromatic heterocycles. The summed E-state index contributed by atoms with van der Waals surface area (Å²) >= 11 is 1.34. The predicted octanol–water partition coefficient (Wildman–Crippen LogP) is 4.90. The first-order chi connectivity index (χ1) is 14.0. The minimum atomic E-state index is -3.80. The van der Waals surface area contributed by atoms with E-state index in [1.165, 1.54) is 17.4 Å². The average molecular weight is 432 g/mol. The number of fused-ring (bicyclic) bond motifs is 1. The molecule has 2 aliphatic rings. The lowest BCUT2D eigenvalue weighted by Crippen LogP contribution is -2.40. The Balaban J connectivity index is 1.69. The number of carbonyl (C=O) groups excluding carboxylic acids is 1. The number of carbonyl (C=O) groups is 1. The Morgan fingerprint density at radius 3 is 2.76 bits per heavy atom. The van der Waals surface area contributed by atoms with Gasteiger partial charge in [0.2, 0.25) is 0 Å². The van der Waals surface area contributed by atoms with E-state index in [2.05, 4.69) is 21.5 Å². The average Bonchev–Trinajstić information content (AvgIpc) is 3.41. The number of sulfonamides is 1. The second-order valence-corrected chi connectivity index (χ2v) is 10.0. The van der Waals surface area contributed by atoms with Gasteiger partial charge < -0.3 is 10.2 Å². The number of rotatable bonds is 6. The first-order valence-electron chi connectivity index (χ1n) is 10.1. The van der Waals surface area contributed by atoms with Crippen LogP contribution in [-0.2, 0) is 10.0 Å². The van der Waals surface area contributed by atoms with Gasteiger partial charge >= 0.3 is 0 Å². The summed E-state index contributed by atoms with van der Waals surface area (Å²) in [5.41, 5.74) is 1.13.